The second-order valence-corrected chi connectivity index (χ2v) is 3.81. The summed E-state index contributed by atoms with van der Waals surface area (Å²) in [4.78, 5) is 0. The van der Waals surface area contributed by atoms with Gasteiger partial charge in [-0.05, 0) is 41.8 Å². The number of aromatic hydroxyl groups is 1. The summed E-state index contributed by atoms with van der Waals surface area (Å²) in [6.07, 6.45) is 0. The zero-order valence-electron chi connectivity index (χ0n) is 9.24. The molecule has 0 amide bonds. The van der Waals surface area contributed by atoms with Crippen LogP contribution < -0.4 is 0 Å². The van der Waals surface area contributed by atoms with Crippen molar-refractivity contribution in [2.24, 2.45) is 0 Å². The molecule has 0 atom stereocenters. The molecule has 0 aliphatic rings. The number of hydrogen-bond acceptors (Lipinski definition) is 2. The quantitative estimate of drug-likeness (QED) is 0.811. The smallest absolute Gasteiger partial charge is 0.133 e. The highest BCUT2D eigenvalue weighted by Gasteiger charge is 2.05. The molecule has 3 heteroatoms. The second-order valence-electron chi connectivity index (χ2n) is 3.81. The molecule has 1 N–H and O–H groups in total. The summed E-state index contributed by atoms with van der Waals surface area (Å²) in [6.45, 7) is 1.69. The Bertz CT molecular complexity index is 614. The van der Waals surface area contributed by atoms with Crippen LogP contribution in [0.4, 0.5) is 4.39 Å². The first kappa shape index (κ1) is 11.2. The van der Waals surface area contributed by atoms with Crippen LogP contribution in [0.3, 0.4) is 0 Å². The Morgan fingerprint density at radius 1 is 1.12 bits per heavy atom. The number of hydrogen-bond donors (Lipinski definition) is 1. The second kappa shape index (κ2) is 4.26. The van der Waals surface area contributed by atoms with E-state index in [1.807, 2.05) is 6.07 Å². The van der Waals surface area contributed by atoms with Gasteiger partial charge in [-0.2, -0.15) is 5.26 Å². The molecule has 0 unspecified atom stereocenters. The van der Waals surface area contributed by atoms with Crippen molar-refractivity contribution in [1.29, 1.82) is 5.26 Å². The van der Waals surface area contributed by atoms with Gasteiger partial charge in [-0.25, -0.2) is 4.39 Å². The minimum absolute atomic E-state index is 0.0659. The molecule has 0 aromatic heterocycles. The molecule has 2 rings (SSSR count). The Morgan fingerprint density at radius 3 is 2.41 bits per heavy atom. The summed E-state index contributed by atoms with van der Waals surface area (Å²) in [6, 6.07) is 11.4. The zero-order chi connectivity index (χ0) is 12.4. The fraction of sp³-hybridized carbons (Fsp3) is 0.0714. The third kappa shape index (κ3) is 2.11. The fourth-order valence-electron chi connectivity index (χ4n) is 1.58. The molecule has 2 aromatic rings. The van der Waals surface area contributed by atoms with Gasteiger partial charge in [-0.1, -0.05) is 18.2 Å². The molecule has 0 radical (unpaired) electrons. The third-order valence-corrected chi connectivity index (χ3v) is 2.62. The topological polar surface area (TPSA) is 44.0 Å². The molecule has 0 fully saturated rings. The van der Waals surface area contributed by atoms with Crippen LogP contribution in [0.15, 0.2) is 36.4 Å². The summed E-state index contributed by atoms with van der Waals surface area (Å²) in [5.41, 5.74) is 2.15. The van der Waals surface area contributed by atoms with E-state index in [9.17, 15) is 9.50 Å². The van der Waals surface area contributed by atoms with Crippen molar-refractivity contribution in [3.63, 3.8) is 0 Å². The van der Waals surface area contributed by atoms with Crippen LogP contribution in [0.1, 0.15) is 11.1 Å². The number of benzene rings is 2. The van der Waals surface area contributed by atoms with Gasteiger partial charge in [0.15, 0.2) is 0 Å². The van der Waals surface area contributed by atoms with Crippen molar-refractivity contribution >= 4 is 0 Å². The molecule has 0 aliphatic carbocycles. The lowest BCUT2D eigenvalue weighted by molar-refractivity contribution is 0.473. The minimum atomic E-state index is -0.283. The fourth-order valence-corrected chi connectivity index (χ4v) is 1.58. The van der Waals surface area contributed by atoms with E-state index in [4.69, 9.17) is 5.26 Å². The van der Waals surface area contributed by atoms with Crippen molar-refractivity contribution in [3.05, 3.63) is 53.3 Å². The van der Waals surface area contributed by atoms with Crippen LogP contribution in [-0.2, 0) is 0 Å². The van der Waals surface area contributed by atoms with Gasteiger partial charge in [-0.15, -0.1) is 0 Å². The lowest BCUT2D eigenvalue weighted by atomic mass is 10.0. The molecule has 84 valence electrons. The van der Waals surface area contributed by atoms with Gasteiger partial charge < -0.3 is 5.11 Å². The number of rotatable bonds is 1. The third-order valence-electron chi connectivity index (χ3n) is 2.62. The molecule has 17 heavy (non-hydrogen) atoms. The summed E-state index contributed by atoms with van der Waals surface area (Å²) >= 11 is 0. The number of phenolic OH excluding ortho intramolecular Hbond substituents is 1. The van der Waals surface area contributed by atoms with E-state index in [0.717, 1.165) is 0 Å². The summed E-state index contributed by atoms with van der Waals surface area (Å²) in [7, 11) is 0. The van der Waals surface area contributed by atoms with Gasteiger partial charge in [0.1, 0.15) is 17.6 Å². The molecule has 0 aliphatic heterocycles. The molecule has 2 aromatic carbocycles. The van der Waals surface area contributed by atoms with E-state index in [-0.39, 0.29) is 17.1 Å². The Kier molecular flexibility index (Phi) is 2.80. The lowest BCUT2D eigenvalue weighted by Gasteiger charge is -2.05. The largest absolute Gasteiger partial charge is 0.507 e. The number of phenols is 1. The molecule has 0 heterocycles. The normalized spacial score (nSPS) is 9.94. The summed E-state index contributed by atoms with van der Waals surface area (Å²) in [5.74, 6) is -0.349. The maximum absolute atomic E-state index is 13.4. The molecule has 2 nitrogen and oxygen atoms in total. The standard InChI is InChI=1S/C14H10FNO/c1-9-2-3-11(7-13(9)15)10-4-5-14(17)12(6-10)8-16/h2-7,17H,1H3. The molecule has 0 saturated heterocycles. The van der Waals surface area contributed by atoms with Crippen molar-refractivity contribution in [1.82, 2.24) is 0 Å². The number of nitriles is 1. The highest BCUT2D eigenvalue weighted by atomic mass is 19.1. The molecule has 0 bridgehead atoms. The van der Waals surface area contributed by atoms with Crippen LogP contribution in [0.2, 0.25) is 0 Å². The van der Waals surface area contributed by atoms with Crippen LogP contribution in [0.5, 0.6) is 5.75 Å². The monoisotopic (exact) mass is 227 g/mol. The van der Waals surface area contributed by atoms with Crippen molar-refractivity contribution in [3.8, 4) is 22.9 Å². The SMILES string of the molecule is Cc1ccc(-c2ccc(O)c(C#N)c2)cc1F. The highest BCUT2D eigenvalue weighted by molar-refractivity contribution is 5.67. The summed E-state index contributed by atoms with van der Waals surface area (Å²) < 4.78 is 13.4. The molecular formula is C14H10FNO. The molecular weight excluding hydrogens is 217 g/mol. The molecule has 0 spiro atoms. The van der Waals surface area contributed by atoms with Gasteiger partial charge in [0.25, 0.3) is 0 Å². The molecule has 0 saturated carbocycles. The van der Waals surface area contributed by atoms with Gasteiger partial charge in [0.2, 0.25) is 0 Å². The summed E-state index contributed by atoms with van der Waals surface area (Å²) in [5, 5.41) is 18.2. The van der Waals surface area contributed by atoms with Gasteiger partial charge in [-0.3, -0.25) is 0 Å². The van der Waals surface area contributed by atoms with Crippen molar-refractivity contribution in [2.45, 2.75) is 6.92 Å². The van der Waals surface area contributed by atoms with E-state index in [0.29, 0.717) is 16.7 Å². The maximum Gasteiger partial charge on any atom is 0.133 e. The first-order valence-corrected chi connectivity index (χ1v) is 5.11. The number of nitrogens with zero attached hydrogens (tertiary/aromatic N) is 1. The van der Waals surface area contributed by atoms with E-state index in [1.54, 1.807) is 31.2 Å². The maximum atomic E-state index is 13.4. The minimum Gasteiger partial charge on any atom is -0.507 e. The lowest BCUT2D eigenvalue weighted by Crippen LogP contribution is -1.85. The predicted molar refractivity (Wildman–Crippen MR) is 63.0 cm³/mol. The van der Waals surface area contributed by atoms with Crippen LogP contribution in [0.25, 0.3) is 11.1 Å². The van der Waals surface area contributed by atoms with Gasteiger partial charge in [0, 0.05) is 0 Å². The average Bonchev–Trinajstić information content (AvgIpc) is 2.33. The van der Waals surface area contributed by atoms with Gasteiger partial charge in [0.05, 0.1) is 5.56 Å². The van der Waals surface area contributed by atoms with Crippen molar-refractivity contribution in [2.75, 3.05) is 0 Å². The Balaban J connectivity index is 2.54. The first-order valence-electron chi connectivity index (χ1n) is 5.11. The Hall–Kier alpha value is -2.34. The van der Waals surface area contributed by atoms with E-state index >= 15 is 0 Å². The van der Waals surface area contributed by atoms with Crippen LogP contribution in [0, 0.1) is 24.1 Å². The first-order chi connectivity index (χ1) is 8.11. The zero-order valence-corrected chi connectivity index (χ0v) is 9.24. The van der Waals surface area contributed by atoms with E-state index in [1.165, 1.54) is 12.1 Å². The van der Waals surface area contributed by atoms with Crippen LogP contribution >= 0.6 is 0 Å². The van der Waals surface area contributed by atoms with Gasteiger partial charge >= 0.3 is 0 Å². The highest BCUT2D eigenvalue weighted by Crippen LogP contribution is 2.26. The average molecular weight is 227 g/mol. The van der Waals surface area contributed by atoms with Crippen LogP contribution in [-0.4, -0.2) is 5.11 Å². The van der Waals surface area contributed by atoms with E-state index in [2.05, 4.69) is 0 Å². The number of aryl methyl sites for hydroxylation is 1. The van der Waals surface area contributed by atoms with Crippen molar-refractivity contribution < 1.29 is 9.50 Å². The number of halogens is 1. The van der Waals surface area contributed by atoms with E-state index < -0.39 is 0 Å². The Labute approximate surface area is 98.6 Å². The predicted octanol–water partition coefficient (Wildman–Crippen LogP) is 3.38. The Morgan fingerprint density at radius 2 is 1.76 bits per heavy atom.